The number of hydrogen-bond acceptors (Lipinski definition) is 3. The van der Waals surface area contributed by atoms with Gasteiger partial charge in [-0.05, 0) is 19.9 Å². The van der Waals surface area contributed by atoms with Gasteiger partial charge in [-0.1, -0.05) is 0 Å². The van der Waals surface area contributed by atoms with E-state index in [-0.39, 0.29) is 0 Å². The summed E-state index contributed by atoms with van der Waals surface area (Å²) in [5, 5.41) is 0. The highest BCUT2D eigenvalue weighted by atomic mass is 16.5. The van der Waals surface area contributed by atoms with Gasteiger partial charge in [-0.25, -0.2) is 4.98 Å². The molecule has 11 heavy (non-hydrogen) atoms. The number of rotatable bonds is 2. The minimum absolute atomic E-state index is 0.524. The van der Waals surface area contributed by atoms with Crippen LogP contribution in [0.15, 0.2) is 24.1 Å². The van der Waals surface area contributed by atoms with Crippen LogP contribution in [0.1, 0.15) is 13.8 Å². The van der Waals surface area contributed by atoms with Crippen molar-refractivity contribution in [3.05, 3.63) is 30.4 Å². The van der Waals surface area contributed by atoms with Crippen LogP contribution in [0.4, 0.5) is 0 Å². The molecular weight excluding hydrogens is 140 g/mol. The van der Waals surface area contributed by atoms with Gasteiger partial charge in [0.25, 0.3) is 0 Å². The highest BCUT2D eigenvalue weighted by Crippen LogP contribution is 2.06. The second-order valence-corrected chi connectivity index (χ2v) is 2.00. The van der Waals surface area contributed by atoms with Crippen molar-refractivity contribution in [1.29, 1.82) is 0 Å². The Labute approximate surface area is 65.8 Å². The van der Waals surface area contributed by atoms with E-state index in [1.807, 2.05) is 19.9 Å². The molecule has 3 nitrogen and oxygen atoms in total. The van der Waals surface area contributed by atoms with Crippen molar-refractivity contribution in [2.24, 2.45) is 0 Å². The average Bonchev–Trinajstić information content (AvgIpc) is 2.06. The molecule has 0 aliphatic rings. The summed E-state index contributed by atoms with van der Waals surface area (Å²) < 4.78 is 5.24. The van der Waals surface area contributed by atoms with E-state index in [0.29, 0.717) is 5.88 Å². The van der Waals surface area contributed by atoms with Gasteiger partial charge in [-0.3, -0.25) is 0 Å². The van der Waals surface area contributed by atoms with Crippen molar-refractivity contribution in [2.45, 2.75) is 13.8 Å². The van der Waals surface area contributed by atoms with E-state index in [2.05, 4.69) is 16.3 Å². The van der Waals surface area contributed by atoms with Crippen LogP contribution < -0.4 is 4.74 Å². The number of allylic oxidation sites excluding steroid dienone is 2. The largest absolute Gasteiger partial charge is 0.444 e. The number of ether oxygens (including phenoxy) is 1. The van der Waals surface area contributed by atoms with Crippen molar-refractivity contribution in [2.75, 3.05) is 0 Å². The van der Waals surface area contributed by atoms with Crippen molar-refractivity contribution in [1.82, 2.24) is 9.97 Å². The molecule has 1 aromatic heterocycles. The zero-order chi connectivity index (χ0) is 8.10. The lowest BCUT2D eigenvalue weighted by atomic mass is 10.5. The molecule has 57 valence electrons. The molecule has 0 aliphatic heterocycles. The normalized spacial score (nSPS) is 11.3. The van der Waals surface area contributed by atoms with E-state index in [1.165, 1.54) is 0 Å². The predicted octanol–water partition coefficient (Wildman–Crippen LogP) is 1.58. The van der Waals surface area contributed by atoms with E-state index in [4.69, 9.17) is 4.74 Å². The van der Waals surface area contributed by atoms with Gasteiger partial charge in [0.15, 0.2) is 0 Å². The zero-order valence-electron chi connectivity index (χ0n) is 6.53. The van der Waals surface area contributed by atoms with E-state index in [0.717, 1.165) is 5.76 Å². The van der Waals surface area contributed by atoms with E-state index < -0.39 is 0 Å². The standard InChI is InChI=1S/C8H9N2O/c1-3-7(2)11-8-4-5-9-6-10-8/h3-5H,1-2H3. The summed E-state index contributed by atoms with van der Waals surface area (Å²) in [6, 6.07) is 1.68. The fraction of sp³-hybridized carbons (Fsp3) is 0.250. The Hall–Kier alpha value is -1.38. The Balaban J connectivity index is 2.65. The van der Waals surface area contributed by atoms with Gasteiger partial charge in [-0.2, -0.15) is 4.98 Å². The molecule has 0 bridgehead atoms. The number of aromatic nitrogens is 2. The third kappa shape index (κ3) is 2.37. The van der Waals surface area contributed by atoms with Gasteiger partial charge in [0.2, 0.25) is 12.2 Å². The Bertz CT molecular complexity index is 244. The maximum atomic E-state index is 5.24. The highest BCUT2D eigenvalue weighted by molar-refractivity contribution is 5.08. The lowest BCUT2D eigenvalue weighted by Crippen LogP contribution is -1.92. The van der Waals surface area contributed by atoms with Crippen LogP contribution in [-0.4, -0.2) is 9.97 Å². The van der Waals surface area contributed by atoms with Crippen LogP contribution in [0, 0.1) is 6.33 Å². The molecule has 0 aromatic carbocycles. The van der Waals surface area contributed by atoms with Gasteiger partial charge in [0.05, 0.1) is 5.76 Å². The van der Waals surface area contributed by atoms with Gasteiger partial charge in [0, 0.05) is 12.3 Å². The molecule has 1 rings (SSSR count). The van der Waals surface area contributed by atoms with Gasteiger partial charge < -0.3 is 4.74 Å². The molecule has 3 heteroatoms. The van der Waals surface area contributed by atoms with E-state index in [1.54, 1.807) is 12.3 Å². The molecule has 0 saturated heterocycles. The molecule has 0 fully saturated rings. The summed E-state index contributed by atoms with van der Waals surface area (Å²) in [5.41, 5.74) is 0. The molecule has 1 radical (unpaired) electrons. The quantitative estimate of drug-likeness (QED) is 0.599. The first-order chi connectivity index (χ1) is 5.33. The molecular formula is C8H9N2O. The fourth-order valence-electron chi connectivity index (χ4n) is 0.530. The molecule has 0 amide bonds. The second-order valence-electron chi connectivity index (χ2n) is 2.00. The Morgan fingerprint density at radius 3 is 3.09 bits per heavy atom. The summed E-state index contributed by atoms with van der Waals surface area (Å²) in [6.07, 6.45) is 5.89. The summed E-state index contributed by atoms with van der Waals surface area (Å²) in [7, 11) is 0. The van der Waals surface area contributed by atoms with Crippen molar-refractivity contribution in [3.63, 3.8) is 0 Å². The first-order valence-corrected chi connectivity index (χ1v) is 3.33. The third-order valence-corrected chi connectivity index (χ3v) is 1.18. The molecule has 0 N–H and O–H groups in total. The molecule has 0 aliphatic carbocycles. The maximum Gasteiger partial charge on any atom is 0.222 e. The smallest absolute Gasteiger partial charge is 0.222 e. The average molecular weight is 149 g/mol. The van der Waals surface area contributed by atoms with E-state index in [9.17, 15) is 0 Å². The Kier molecular flexibility index (Phi) is 2.60. The number of nitrogens with zero attached hydrogens (tertiary/aromatic N) is 2. The molecule has 0 atom stereocenters. The third-order valence-electron chi connectivity index (χ3n) is 1.18. The van der Waals surface area contributed by atoms with Crippen molar-refractivity contribution in [3.8, 4) is 5.88 Å². The molecule has 0 saturated carbocycles. The zero-order valence-corrected chi connectivity index (χ0v) is 6.53. The van der Waals surface area contributed by atoms with Crippen LogP contribution in [0.5, 0.6) is 5.88 Å². The minimum atomic E-state index is 0.524. The van der Waals surface area contributed by atoms with Crippen LogP contribution in [0.25, 0.3) is 0 Å². The topological polar surface area (TPSA) is 35.0 Å². The first kappa shape index (κ1) is 7.72. The first-order valence-electron chi connectivity index (χ1n) is 3.33. The molecule has 0 unspecified atom stereocenters. The SMILES string of the molecule is CC=C(C)Oc1ccn[c]n1. The van der Waals surface area contributed by atoms with Crippen LogP contribution in [0.3, 0.4) is 0 Å². The lowest BCUT2D eigenvalue weighted by molar-refractivity contribution is 0.408. The van der Waals surface area contributed by atoms with Crippen LogP contribution in [-0.2, 0) is 0 Å². The van der Waals surface area contributed by atoms with Gasteiger partial charge >= 0.3 is 0 Å². The van der Waals surface area contributed by atoms with Crippen LogP contribution >= 0.6 is 0 Å². The minimum Gasteiger partial charge on any atom is -0.444 e. The lowest BCUT2D eigenvalue weighted by Gasteiger charge is -2.01. The second kappa shape index (κ2) is 3.71. The summed E-state index contributed by atoms with van der Waals surface area (Å²) in [6.45, 7) is 3.77. The van der Waals surface area contributed by atoms with Crippen LogP contribution in [0.2, 0.25) is 0 Å². The van der Waals surface area contributed by atoms with E-state index >= 15 is 0 Å². The molecule has 1 aromatic rings. The van der Waals surface area contributed by atoms with Gasteiger partial charge in [-0.15, -0.1) is 0 Å². The summed E-state index contributed by atoms with van der Waals surface area (Å²) in [4.78, 5) is 7.41. The van der Waals surface area contributed by atoms with Crippen molar-refractivity contribution < 1.29 is 4.74 Å². The summed E-state index contributed by atoms with van der Waals surface area (Å²) >= 11 is 0. The Morgan fingerprint density at radius 1 is 1.73 bits per heavy atom. The Morgan fingerprint density at radius 2 is 2.55 bits per heavy atom. The molecule has 1 heterocycles. The predicted molar refractivity (Wildman–Crippen MR) is 40.9 cm³/mol. The fourth-order valence-corrected chi connectivity index (χ4v) is 0.530. The highest BCUT2D eigenvalue weighted by Gasteiger charge is 1.92. The van der Waals surface area contributed by atoms with Crippen molar-refractivity contribution >= 4 is 0 Å². The monoisotopic (exact) mass is 149 g/mol. The number of hydrogen-bond donors (Lipinski definition) is 0. The van der Waals surface area contributed by atoms with Gasteiger partial charge in [0.1, 0.15) is 0 Å². The maximum absolute atomic E-state index is 5.24. The summed E-state index contributed by atoms with van der Waals surface area (Å²) in [5.74, 6) is 1.34. The molecule has 0 spiro atoms.